The van der Waals surface area contributed by atoms with Gasteiger partial charge in [-0.05, 0) is 91.2 Å². The van der Waals surface area contributed by atoms with Gasteiger partial charge in [0, 0.05) is 6.61 Å². The number of carbonyl (C=O) groups excluding carboxylic acids is 1. The largest absolute Gasteiger partial charge is 0.462 e. The van der Waals surface area contributed by atoms with Crippen molar-refractivity contribution in [1.82, 2.24) is 0 Å². The second kappa shape index (κ2) is 6.22. The van der Waals surface area contributed by atoms with Crippen LogP contribution >= 0.6 is 0 Å². The molecule has 0 aromatic rings. The first-order chi connectivity index (χ1) is 13.5. The Hall–Kier alpha value is -0.613. The molecule has 1 aliphatic heterocycles. The van der Waals surface area contributed by atoms with Crippen LogP contribution in [-0.4, -0.2) is 27.0 Å². The highest BCUT2D eigenvalue weighted by Gasteiger charge is 2.65. The first-order valence-electron chi connectivity index (χ1n) is 12.0. The number of hydrogen-bond acceptors (Lipinski definition) is 3. The van der Waals surface area contributed by atoms with E-state index in [1.807, 2.05) is 0 Å². The van der Waals surface area contributed by atoms with Crippen molar-refractivity contribution < 1.29 is 14.0 Å². The molecule has 4 bridgehead atoms. The topological polar surface area (TPSA) is 35.5 Å². The number of ether oxygens (including phenoxy) is 1. The maximum absolute atomic E-state index is 12.4. The standard InChI is InChI=1S/C25H40O3Si/c1-23(2,3)29(5,6)27-15-17-13-25-10-9-20-19-11-18(28-22(19)26)14-24(20,4)21(25)8-7-16(17)12-25/h7-8,16-21H,9-15H2,1-6H3/t16?,17?,18-,19+,20+,21?,24+,25-/m0/s1. The molecular weight excluding hydrogens is 376 g/mol. The minimum atomic E-state index is -1.70. The number of hydrogen-bond donors (Lipinski definition) is 0. The van der Waals surface area contributed by atoms with Gasteiger partial charge in [-0.15, -0.1) is 0 Å². The van der Waals surface area contributed by atoms with Gasteiger partial charge in [0.2, 0.25) is 0 Å². The van der Waals surface area contributed by atoms with E-state index in [2.05, 4.69) is 52.9 Å². The molecule has 3 nitrogen and oxygen atoms in total. The van der Waals surface area contributed by atoms with Gasteiger partial charge >= 0.3 is 5.97 Å². The summed E-state index contributed by atoms with van der Waals surface area (Å²) < 4.78 is 12.4. The fraction of sp³-hybridized carbons (Fsp3) is 0.880. The Kier molecular flexibility index (Phi) is 4.35. The van der Waals surface area contributed by atoms with E-state index in [0.717, 1.165) is 19.4 Å². The van der Waals surface area contributed by atoms with Crippen LogP contribution in [0.25, 0.3) is 0 Å². The fourth-order valence-corrected chi connectivity index (χ4v) is 8.95. The van der Waals surface area contributed by atoms with Crippen molar-refractivity contribution in [2.75, 3.05) is 6.61 Å². The molecule has 29 heavy (non-hydrogen) atoms. The molecule has 1 spiro atoms. The molecule has 3 saturated carbocycles. The summed E-state index contributed by atoms with van der Waals surface area (Å²) in [4.78, 5) is 12.4. The van der Waals surface area contributed by atoms with Crippen molar-refractivity contribution in [3.05, 3.63) is 12.2 Å². The van der Waals surface area contributed by atoms with Crippen LogP contribution in [0.15, 0.2) is 12.2 Å². The van der Waals surface area contributed by atoms with E-state index in [-0.39, 0.29) is 28.4 Å². The van der Waals surface area contributed by atoms with Crippen molar-refractivity contribution in [1.29, 1.82) is 0 Å². The quantitative estimate of drug-likeness (QED) is 0.323. The molecule has 5 aliphatic rings. The van der Waals surface area contributed by atoms with Crippen LogP contribution in [-0.2, 0) is 14.0 Å². The predicted octanol–water partition coefficient (Wildman–Crippen LogP) is 5.96. The van der Waals surface area contributed by atoms with Crippen molar-refractivity contribution in [2.45, 2.75) is 90.5 Å². The molecule has 4 aliphatic carbocycles. The second-order valence-electron chi connectivity index (χ2n) is 12.9. The summed E-state index contributed by atoms with van der Waals surface area (Å²) in [6.07, 6.45) is 12.5. The Bertz CT molecular complexity index is 737. The third-order valence-electron chi connectivity index (χ3n) is 10.4. The van der Waals surface area contributed by atoms with Crippen molar-refractivity contribution in [3.8, 4) is 0 Å². The van der Waals surface area contributed by atoms with Crippen LogP contribution in [0.2, 0.25) is 18.1 Å². The Labute approximate surface area is 178 Å². The maximum atomic E-state index is 12.4. The van der Waals surface area contributed by atoms with Crippen LogP contribution < -0.4 is 0 Å². The number of rotatable bonds is 3. The molecule has 0 amide bonds. The maximum Gasteiger partial charge on any atom is 0.309 e. The lowest BCUT2D eigenvalue weighted by atomic mass is 9.44. The van der Waals surface area contributed by atoms with E-state index in [9.17, 15) is 4.79 Å². The third kappa shape index (κ3) is 2.87. The van der Waals surface area contributed by atoms with E-state index < -0.39 is 8.32 Å². The van der Waals surface area contributed by atoms with Crippen LogP contribution in [0.3, 0.4) is 0 Å². The van der Waals surface area contributed by atoms with Gasteiger partial charge < -0.3 is 9.16 Å². The first kappa shape index (κ1) is 20.3. The van der Waals surface area contributed by atoms with Crippen LogP contribution in [0, 0.1) is 40.4 Å². The molecule has 162 valence electrons. The number of carbonyl (C=O) groups is 1. The van der Waals surface area contributed by atoms with E-state index in [4.69, 9.17) is 9.16 Å². The predicted molar refractivity (Wildman–Crippen MR) is 118 cm³/mol. The Morgan fingerprint density at radius 1 is 1.21 bits per heavy atom. The minimum absolute atomic E-state index is 0.101. The lowest BCUT2D eigenvalue weighted by molar-refractivity contribution is -0.144. The van der Waals surface area contributed by atoms with Gasteiger partial charge in [0.25, 0.3) is 0 Å². The molecule has 1 saturated heterocycles. The lowest BCUT2D eigenvalue weighted by Gasteiger charge is -2.59. The Morgan fingerprint density at radius 3 is 2.69 bits per heavy atom. The van der Waals surface area contributed by atoms with Gasteiger partial charge in [0.1, 0.15) is 6.10 Å². The molecule has 0 aromatic heterocycles. The number of allylic oxidation sites excluding steroid dienone is 2. The van der Waals surface area contributed by atoms with Crippen LogP contribution in [0.4, 0.5) is 0 Å². The Balaban J connectivity index is 1.36. The van der Waals surface area contributed by atoms with Gasteiger partial charge in [0.05, 0.1) is 5.92 Å². The van der Waals surface area contributed by atoms with Crippen molar-refractivity contribution in [3.63, 3.8) is 0 Å². The van der Waals surface area contributed by atoms with Gasteiger partial charge in [-0.3, -0.25) is 4.79 Å². The first-order valence-corrected chi connectivity index (χ1v) is 14.9. The number of fused-ring (bicyclic) bond motifs is 6. The second-order valence-corrected chi connectivity index (χ2v) is 17.7. The van der Waals surface area contributed by atoms with Crippen LogP contribution in [0.5, 0.6) is 0 Å². The summed E-state index contributed by atoms with van der Waals surface area (Å²) in [5.74, 6) is 2.76. The normalized spacial score (nSPS) is 48.3. The SMILES string of the molecule is CC(C)(C)[Si](C)(C)OCC1C[C@@]23CC[C@@H]4[C@H]5C[C@@H](C[C@@]4(C)C2C=CC1C3)OC5=O. The molecule has 0 N–H and O–H groups in total. The lowest BCUT2D eigenvalue weighted by Crippen LogP contribution is -2.53. The summed E-state index contributed by atoms with van der Waals surface area (Å²) in [5, 5.41) is 0.275. The smallest absolute Gasteiger partial charge is 0.309 e. The molecule has 4 heteroatoms. The Morgan fingerprint density at radius 2 is 1.97 bits per heavy atom. The molecule has 0 radical (unpaired) electrons. The summed E-state index contributed by atoms with van der Waals surface area (Å²) in [7, 11) is -1.70. The van der Waals surface area contributed by atoms with Gasteiger partial charge in [-0.2, -0.15) is 0 Å². The zero-order chi connectivity index (χ0) is 20.8. The van der Waals surface area contributed by atoms with E-state index in [0.29, 0.717) is 29.1 Å². The molecule has 0 aromatic carbocycles. The van der Waals surface area contributed by atoms with Crippen LogP contribution in [0.1, 0.15) is 66.2 Å². The highest BCUT2D eigenvalue weighted by molar-refractivity contribution is 6.74. The molecule has 1 heterocycles. The fourth-order valence-electron chi connectivity index (χ4n) is 7.89. The van der Waals surface area contributed by atoms with Gasteiger partial charge in [0.15, 0.2) is 8.32 Å². The minimum Gasteiger partial charge on any atom is -0.462 e. The molecule has 5 rings (SSSR count). The van der Waals surface area contributed by atoms with Crippen molar-refractivity contribution in [2.24, 2.45) is 40.4 Å². The highest BCUT2D eigenvalue weighted by Crippen LogP contribution is 2.70. The average Bonchev–Trinajstić information content (AvgIpc) is 3.05. The summed E-state index contributed by atoms with van der Waals surface area (Å²) in [5.41, 5.74) is 0.667. The van der Waals surface area contributed by atoms with E-state index >= 15 is 0 Å². The summed E-state index contributed by atoms with van der Waals surface area (Å²) in [6, 6.07) is 0. The zero-order valence-corrected chi connectivity index (χ0v) is 20.3. The van der Waals surface area contributed by atoms with Crippen molar-refractivity contribution >= 4 is 14.3 Å². The van der Waals surface area contributed by atoms with E-state index in [1.54, 1.807) is 0 Å². The monoisotopic (exact) mass is 416 g/mol. The zero-order valence-electron chi connectivity index (χ0n) is 19.3. The molecular formula is C25H40O3Si. The highest BCUT2D eigenvalue weighted by atomic mass is 28.4. The summed E-state index contributed by atoms with van der Waals surface area (Å²) in [6.45, 7) is 15.2. The molecule has 8 atom stereocenters. The van der Waals surface area contributed by atoms with Gasteiger partial charge in [-0.25, -0.2) is 0 Å². The molecule has 4 fully saturated rings. The number of esters is 1. The third-order valence-corrected chi connectivity index (χ3v) is 14.9. The average molecular weight is 417 g/mol. The summed E-state index contributed by atoms with van der Waals surface area (Å²) >= 11 is 0. The molecule has 3 unspecified atom stereocenters. The van der Waals surface area contributed by atoms with E-state index in [1.165, 1.54) is 25.7 Å². The van der Waals surface area contributed by atoms with Gasteiger partial charge in [-0.1, -0.05) is 39.8 Å².